The number of hydrogen-bond acceptors (Lipinski definition) is 4. The maximum atomic E-state index is 12.0. The number of amides is 2. The summed E-state index contributed by atoms with van der Waals surface area (Å²) in [5.74, 6) is 0.876. The Morgan fingerprint density at radius 1 is 1.14 bits per heavy atom. The summed E-state index contributed by atoms with van der Waals surface area (Å²) in [6, 6.07) is 18.5. The average Bonchev–Trinajstić information content (AvgIpc) is 3.11. The van der Waals surface area contributed by atoms with Gasteiger partial charge in [0, 0.05) is 24.2 Å². The molecular weight excluding hydrogens is 362 g/mol. The van der Waals surface area contributed by atoms with Crippen molar-refractivity contribution >= 4 is 28.4 Å². The first-order valence-corrected chi connectivity index (χ1v) is 10.0. The maximum absolute atomic E-state index is 12.0. The minimum absolute atomic E-state index is 0.197. The second kappa shape index (κ2) is 8.49. The SMILES string of the molecule is CN(C)CCNC(=O)Nc1ccc2nc(NC3CCc4ccccc43)ccc2c1. The fourth-order valence-corrected chi connectivity index (χ4v) is 3.74. The summed E-state index contributed by atoms with van der Waals surface area (Å²) in [7, 11) is 3.95. The lowest BCUT2D eigenvalue weighted by atomic mass is 10.1. The van der Waals surface area contributed by atoms with E-state index in [1.807, 2.05) is 49.3 Å². The van der Waals surface area contributed by atoms with Gasteiger partial charge in [-0.25, -0.2) is 9.78 Å². The largest absolute Gasteiger partial charge is 0.363 e. The van der Waals surface area contributed by atoms with Crippen molar-refractivity contribution in [3.05, 3.63) is 65.7 Å². The number of carbonyl (C=O) groups excluding carboxylic acids is 1. The molecule has 1 aliphatic rings. The van der Waals surface area contributed by atoms with E-state index in [-0.39, 0.29) is 6.03 Å². The van der Waals surface area contributed by atoms with E-state index >= 15 is 0 Å². The molecule has 0 aliphatic heterocycles. The van der Waals surface area contributed by atoms with Gasteiger partial charge in [-0.15, -0.1) is 0 Å². The van der Waals surface area contributed by atoms with Crippen molar-refractivity contribution in [2.75, 3.05) is 37.8 Å². The van der Waals surface area contributed by atoms with Crippen LogP contribution in [0, 0.1) is 0 Å². The Kier molecular flexibility index (Phi) is 5.62. The Morgan fingerprint density at radius 2 is 2.00 bits per heavy atom. The van der Waals surface area contributed by atoms with Gasteiger partial charge in [0.1, 0.15) is 5.82 Å². The number of aryl methyl sites for hydroxylation is 1. The lowest BCUT2D eigenvalue weighted by Crippen LogP contribution is -2.34. The van der Waals surface area contributed by atoms with Crippen LogP contribution in [0.1, 0.15) is 23.6 Å². The number of carbonyl (C=O) groups is 1. The quantitative estimate of drug-likeness (QED) is 0.596. The van der Waals surface area contributed by atoms with Crippen LogP contribution >= 0.6 is 0 Å². The predicted octanol–water partition coefficient (Wildman–Crippen LogP) is 4.02. The van der Waals surface area contributed by atoms with Crippen LogP contribution in [0.25, 0.3) is 10.9 Å². The zero-order valence-electron chi connectivity index (χ0n) is 16.9. The van der Waals surface area contributed by atoms with Gasteiger partial charge < -0.3 is 20.9 Å². The molecule has 0 fully saturated rings. The molecule has 1 aliphatic carbocycles. The topological polar surface area (TPSA) is 69.3 Å². The molecule has 2 aromatic carbocycles. The first-order valence-electron chi connectivity index (χ1n) is 10.0. The van der Waals surface area contributed by atoms with Crippen molar-refractivity contribution < 1.29 is 4.79 Å². The minimum Gasteiger partial charge on any atom is -0.363 e. The molecule has 6 nitrogen and oxygen atoms in total. The minimum atomic E-state index is -0.197. The predicted molar refractivity (Wildman–Crippen MR) is 118 cm³/mol. The number of nitrogens with zero attached hydrogens (tertiary/aromatic N) is 2. The van der Waals surface area contributed by atoms with Crippen molar-refractivity contribution in [2.45, 2.75) is 18.9 Å². The highest BCUT2D eigenvalue weighted by Crippen LogP contribution is 2.33. The van der Waals surface area contributed by atoms with Crippen LogP contribution in [0.15, 0.2) is 54.6 Å². The molecule has 1 atom stereocenters. The van der Waals surface area contributed by atoms with Crippen molar-refractivity contribution in [3.63, 3.8) is 0 Å². The van der Waals surface area contributed by atoms with Gasteiger partial charge in [-0.2, -0.15) is 0 Å². The number of aromatic nitrogens is 1. The Bertz CT molecular complexity index is 1020. The number of hydrogen-bond donors (Lipinski definition) is 3. The molecule has 1 aromatic heterocycles. The van der Waals surface area contributed by atoms with Crippen molar-refractivity contribution in [3.8, 4) is 0 Å². The zero-order chi connectivity index (χ0) is 20.2. The normalized spacial score (nSPS) is 15.3. The van der Waals surface area contributed by atoms with Gasteiger partial charge in [0.05, 0.1) is 11.6 Å². The smallest absolute Gasteiger partial charge is 0.319 e. The van der Waals surface area contributed by atoms with Crippen LogP contribution in [-0.2, 0) is 6.42 Å². The van der Waals surface area contributed by atoms with E-state index in [0.717, 1.165) is 41.8 Å². The molecule has 150 valence electrons. The fourth-order valence-electron chi connectivity index (χ4n) is 3.74. The van der Waals surface area contributed by atoms with Crippen molar-refractivity contribution in [1.82, 2.24) is 15.2 Å². The summed E-state index contributed by atoms with van der Waals surface area (Å²) >= 11 is 0. The summed E-state index contributed by atoms with van der Waals surface area (Å²) in [5.41, 5.74) is 4.45. The molecule has 29 heavy (non-hydrogen) atoms. The molecule has 3 aromatic rings. The molecule has 2 amide bonds. The molecule has 1 unspecified atom stereocenters. The number of urea groups is 1. The first kappa shape index (κ1) is 19.2. The van der Waals surface area contributed by atoms with E-state index in [1.54, 1.807) is 0 Å². The van der Waals surface area contributed by atoms with Gasteiger partial charge in [-0.1, -0.05) is 24.3 Å². The van der Waals surface area contributed by atoms with Crippen LogP contribution in [0.4, 0.5) is 16.3 Å². The third-order valence-electron chi connectivity index (χ3n) is 5.25. The second-order valence-electron chi connectivity index (χ2n) is 7.72. The van der Waals surface area contributed by atoms with Crippen molar-refractivity contribution in [1.29, 1.82) is 0 Å². The zero-order valence-corrected chi connectivity index (χ0v) is 16.9. The molecular formula is C23H27N5O. The van der Waals surface area contributed by atoms with E-state index in [9.17, 15) is 4.79 Å². The lowest BCUT2D eigenvalue weighted by Gasteiger charge is -2.15. The van der Waals surface area contributed by atoms with Gasteiger partial charge >= 0.3 is 6.03 Å². The summed E-state index contributed by atoms with van der Waals surface area (Å²) in [4.78, 5) is 18.8. The Labute approximate surface area is 171 Å². The summed E-state index contributed by atoms with van der Waals surface area (Å²) in [6.45, 7) is 1.41. The molecule has 0 spiro atoms. The first-order chi connectivity index (χ1) is 14.1. The molecule has 3 N–H and O–H groups in total. The van der Waals surface area contributed by atoms with Crippen LogP contribution in [0.2, 0.25) is 0 Å². The molecule has 0 radical (unpaired) electrons. The van der Waals surface area contributed by atoms with Gasteiger partial charge in [0.25, 0.3) is 0 Å². The number of fused-ring (bicyclic) bond motifs is 2. The molecule has 0 bridgehead atoms. The molecule has 1 heterocycles. The number of anilines is 2. The number of benzene rings is 2. The number of rotatable bonds is 6. The summed E-state index contributed by atoms with van der Waals surface area (Å²) in [5, 5.41) is 10.3. The van der Waals surface area contributed by atoms with Gasteiger partial charge in [-0.05, 0) is 68.4 Å². The lowest BCUT2D eigenvalue weighted by molar-refractivity contribution is 0.250. The van der Waals surface area contributed by atoms with Crippen molar-refractivity contribution in [2.24, 2.45) is 0 Å². The number of likely N-dealkylation sites (N-methyl/N-ethyl adjacent to an activating group) is 1. The van der Waals surface area contributed by atoms with E-state index in [2.05, 4.69) is 40.2 Å². The van der Waals surface area contributed by atoms with Gasteiger partial charge in [0.15, 0.2) is 0 Å². The van der Waals surface area contributed by atoms with Crippen LogP contribution < -0.4 is 16.0 Å². The molecule has 4 rings (SSSR count). The Balaban J connectivity index is 1.42. The molecule has 0 saturated carbocycles. The average molecular weight is 390 g/mol. The van der Waals surface area contributed by atoms with E-state index < -0.39 is 0 Å². The Morgan fingerprint density at radius 3 is 2.86 bits per heavy atom. The standard InChI is InChI=1S/C23H27N5O/c1-28(2)14-13-24-23(29)25-18-9-11-20-17(15-18)8-12-22(26-20)27-21-10-7-16-5-3-4-6-19(16)21/h3-6,8-9,11-12,15,21H,7,10,13-14H2,1-2H3,(H,26,27)(H2,24,25,29). The third kappa shape index (κ3) is 4.66. The van der Waals surface area contributed by atoms with E-state index in [4.69, 9.17) is 4.98 Å². The van der Waals surface area contributed by atoms with Gasteiger partial charge in [0.2, 0.25) is 0 Å². The summed E-state index contributed by atoms with van der Waals surface area (Å²) in [6.07, 6.45) is 2.19. The number of pyridine rings is 1. The second-order valence-corrected chi connectivity index (χ2v) is 7.72. The van der Waals surface area contributed by atoms with E-state index in [1.165, 1.54) is 11.1 Å². The maximum Gasteiger partial charge on any atom is 0.319 e. The van der Waals surface area contributed by atoms with E-state index in [0.29, 0.717) is 12.6 Å². The van der Waals surface area contributed by atoms with Gasteiger partial charge in [-0.3, -0.25) is 0 Å². The fraction of sp³-hybridized carbons (Fsp3) is 0.304. The highest BCUT2D eigenvalue weighted by molar-refractivity contribution is 5.92. The molecule has 0 saturated heterocycles. The van der Waals surface area contributed by atoms with Crippen LogP contribution in [0.5, 0.6) is 0 Å². The third-order valence-corrected chi connectivity index (χ3v) is 5.25. The monoisotopic (exact) mass is 389 g/mol. The molecule has 6 heteroatoms. The van der Waals surface area contributed by atoms with Crippen LogP contribution in [-0.4, -0.2) is 43.1 Å². The highest BCUT2D eigenvalue weighted by Gasteiger charge is 2.21. The Hall–Kier alpha value is -3.12. The van der Waals surface area contributed by atoms with Crippen LogP contribution in [0.3, 0.4) is 0 Å². The number of nitrogens with one attached hydrogen (secondary N) is 3. The summed E-state index contributed by atoms with van der Waals surface area (Å²) < 4.78 is 0. The highest BCUT2D eigenvalue weighted by atomic mass is 16.2.